The molecule has 3 heterocycles. The van der Waals surface area contributed by atoms with Crippen LogP contribution in [0.5, 0.6) is 0 Å². The molecule has 0 radical (unpaired) electrons. The molecule has 0 amide bonds. The molecule has 0 aliphatic heterocycles. The minimum absolute atomic E-state index is 0.665. The summed E-state index contributed by atoms with van der Waals surface area (Å²) in [5.41, 5.74) is 11.6. The molecule has 4 aromatic carbocycles. The van der Waals surface area contributed by atoms with E-state index in [0.717, 1.165) is 38.9 Å². The number of hydrogen-bond donors (Lipinski definition) is 0. The fourth-order valence-electron chi connectivity index (χ4n) is 5.64. The van der Waals surface area contributed by atoms with Gasteiger partial charge >= 0.3 is 0 Å². The maximum absolute atomic E-state index is 6.30. The molecule has 0 N–H and O–H groups in total. The van der Waals surface area contributed by atoms with Crippen LogP contribution in [0, 0.1) is 20.8 Å². The van der Waals surface area contributed by atoms with Crippen molar-refractivity contribution in [1.82, 2.24) is 9.97 Å². The highest BCUT2D eigenvalue weighted by atomic mass is 16.3. The molecular weight excluding hydrogens is 464 g/mol. The number of benzene rings is 4. The molecule has 7 rings (SSSR count). The first-order chi connectivity index (χ1) is 18.6. The minimum Gasteiger partial charge on any atom is -0.437 e. The maximum Gasteiger partial charge on any atom is 0.227 e. The Morgan fingerprint density at radius 2 is 1.34 bits per heavy atom. The van der Waals surface area contributed by atoms with Gasteiger partial charge in [0.15, 0.2) is 0 Å². The highest BCUT2D eigenvalue weighted by molar-refractivity contribution is 6.09. The Morgan fingerprint density at radius 1 is 0.579 bits per heavy atom. The molecule has 38 heavy (non-hydrogen) atoms. The van der Waals surface area contributed by atoms with E-state index in [4.69, 9.17) is 9.40 Å². The Bertz CT molecular complexity index is 2000. The lowest BCUT2D eigenvalue weighted by atomic mass is 9.87. The van der Waals surface area contributed by atoms with Crippen LogP contribution in [0.15, 0.2) is 108 Å². The Kier molecular flexibility index (Phi) is 5.12. The molecule has 3 heteroatoms. The van der Waals surface area contributed by atoms with E-state index in [1.54, 1.807) is 0 Å². The van der Waals surface area contributed by atoms with Crippen LogP contribution in [-0.2, 0) is 0 Å². The summed E-state index contributed by atoms with van der Waals surface area (Å²) in [6, 6.07) is 34.2. The van der Waals surface area contributed by atoms with Gasteiger partial charge in [0.1, 0.15) is 5.58 Å². The summed E-state index contributed by atoms with van der Waals surface area (Å²) in [7, 11) is 0. The molecule has 182 valence electrons. The molecule has 3 aromatic heterocycles. The standard InChI is InChI=1S/C35H26N2O/c1-21-18-31(24-10-5-4-6-11-24)25-12-7-8-13-26(25)33(21)30-19-32(36-20-22(30)2)29-15-9-14-27-28-17-16-23(3)37-35(28)38-34(27)29/h4-20H,1-3H3. The fraction of sp³-hybridized carbons (Fsp3) is 0.0857. The van der Waals surface area contributed by atoms with Gasteiger partial charge in [0.25, 0.3) is 0 Å². The summed E-state index contributed by atoms with van der Waals surface area (Å²) in [6.07, 6.45) is 1.98. The van der Waals surface area contributed by atoms with Crippen molar-refractivity contribution in [2.24, 2.45) is 0 Å². The average molecular weight is 491 g/mol. The minimum atomic E-state index is 0.665. The van der Waals surface area contributed by atoms with E-state index in [0.29, 0.717) is 5.71 Å². The first kappa shape index (κ1) is 22.4. The van der Waals surface area contributed by atoms with E-state index in [1.165, 1.54) is 38.6 Å². The summed E-state index contributed by atoms with van der Waals surface area (Å²) in [4.78, 5) is 9.49. The Hall–Kier alpha value is -4.76. The topological polar surface area (TPSA) is 38.9 Å². The quantitative estimate of drug-likeness (QED) is 0.248. The first-order valence-electron chi connectivity index (χ1n) is 12.9. The van der Waals surface area contributed by atoms with Gasteiger partial charge in [-0.15, -0.1) is 0 Å². The summed E-state index contributed by atoms with van der Waals surface area (Å²) in [5.74, 6) is 0. The normalized spacial score (nSPS) is 11.6. The molecule has 0 aliphatic carbocycles. The molecule has 0 atom stereocenters. The molecule has 0 fully saturated rings. The van der Waals surface area contributed by atoms with Crippen molar-refractivity contribution in [3.05, 3.63) is 120 Å². The molecule has 7 aromatic rings. The number of para-hydroxylation sites is 1. The summed E-state index contributed by atoms with van der Waals surface area (Å²) >= 11 is 0. The van der Waals surface area contributed by atoms with Crippen LogP contribution in [-0.4, -0.2) is 9.97 Å². The zero-order valence-electron chi connectivity index (χ0n) is 21.6. The molecule has 0 bridgehead atoms. The second-order valence-corrected chi connectivity index (χ2v) is 10.0. The van der Waals surface area contributed by atoms with Gasteiger partial charge in [-0.05, 0) is 89.2 Å². The van der Waals surface area contributed by atoms with Crippen LogP contribution in [0.4, 0.5) is 0 Å². The highest BCUT2D eigenvalue weighted by Gasteiger charge is 2.18. The number of furan rings is 1. The predicted octanol–water partition coefficient (Wildman–Crippen LogP) is 9.46. The fourth-order valence-corrected chi connectivity index (χ4v) is 5.64. The molecule has 0 saturated heterocycles. The number of hydrogen-bond acceptors (Lipinski definition) is 3. The molecule has 0 aliphatic rings. The molecule has 0 spiro atoms. The number of fused-ring (bicyclic) bond motifs is 4. The maximum atomic E-state index is 6.30. The van der Waals surface area contributed by atoms with E-state index < -0.39 is 0 Å². The van der Waals surface area contributed by atoms with E-state index in [-0.39, 0.29) is 0 Å². The second kappa shape index (κ2) is 8.67. The number of aromatic nitrogens is 2. The van der Waals surface area contributed by atoms with Crippen molar-refractivity contribution in [2.75, 3.05) is 0 Å². The van der Waals surface area contributed by atoms with Crippen LogP contribution in [0.3, 0.4) is 0 Å². The SMILES string of the molecule is Cc1ccc2c(n1)oc1c(-c3cc(-c4c(C)cc(-c5ccccc5)c5ccccc45)c(C)cn3)cccc12. The van der Waals surface area contributed by atoms with Gasteiger partial charge in [0.2, 0.25) is 5.71 Å². The van der Waals surface area contributed by atoms with Crippen molar-refractivity contribution in [1.29, 1.82) is 0 Å². The van der Waals surface area contributed by atoms with Crippen LogP contribution < -0.4 is 0 Å². The van der Waals surface area contributed by atoms with Crippen LogP contribution in [0.1, 0.15) is 16.8 Å². The first-order valence-corrected chi connectivity index (χ1v) is 12.9. The van der Waals surface area contributed by atoms with E-state index in [9.17, 15) is 0 Å². The Labute approximate surface area is 221 Å². The Balaban J connectivity index is 1.47. The second-order valence-electron chi connectivity index (χ2n) is 10.0. The van der Waals surface area contributed by atoms with E-state index in [1.807, 2.05) is 19.2 Å². The lowest BCUT2D eigenvalue weighted by molar-refractivity contribution is 0.653. The summed E-state index contributed by atoms with van der Waals surface area (Å²) in [5, 5.41) is 4.58. The van der Waals surface area contributed by atoms with Gasteiger partial charge in [-0.3, -0.25) is 4.98 Å². The van der Waals surface area contributed by atoms with Crippen molar-refractivity contribution in [2.45, 2.75) is 20.8 Å². The van der Waals surface area contributed by atoms with Crippen LogP contribution in [0.2, 0.25) is 0 Å². The number of pyridine rings is 2. The summed E-state index contributed by atoms with van der Waals surface area (Å²) < 4.78 is 6.30. The molecule has 0 saturated carbocycles. The van der Waals surface area contributed by atoms with Crippen molar-refractivity contribution in [3.63, 3.8) is 0 Å². The van der Waals surface area contributed by atoms with Gasteiger partial charge in [-0.2, -0.15) is 0 Å². The summed E-state index contributed by atoms with van der Waals surface area (Å²) in [6.45, 7) is 6.33. The smallest absolute Gasteiger partial charge is 0.227 e. The van der Waals surface area contributed by atoms with Gasteiger partial charge in [-0.1, -0.05) is 72.8 Å². The zero-order valence-corrected chi connectivity index (χ0v) is 21.6. The van der Waals surface area contributed by atoms with Crippen molar-refractivity contribution in [3.8, 4) is 33.5 Å². The number of aryl methyl sites for hydroxylation is 3. The van der Waals surface area contributed by atoms with Gasteiger partial charge in [0, 0.05) is 28.2 Å². The van der Waals surface area contributed by atoms with Crippen LogP contribution in [0.25, 0.3) is 66.4 Å². The van der Waals surface area contributed by atoms with Crippen molar-refractivity contribution >= 4 is 32.8 Å². The Morgan fingerprint density at radius 3 is 2.18 bits per heavy atom. The largest absolute Gasteiger partial charge is 0.437 e. The predicted molar refractivity (Wildman–Crippen MR) is 157 cm³/mol. The zero-order chi connectivity index (χ0) is 25.8. The number of rotatable bonds is 3. The highest BCUT2D eigenvalue weighted by Crippen LogP contribution is 2.41. The lowest BCUT2D eigenvalue weighted by Gasteiger charge is -2.17. The third-order valence-corrected chi connectivity index (χ3v) is 7.48. The van der Waals surface area contributed by atoms with Gasteiger partial charge in [-0.25, -0.2) is 4.98 Å². The third kappa shape index (κ3) is 3.51. The number of nitrogens with zero attached hydrogens (tertiary/aromatic N) is 2. The van der Waals surface area contributed by atoms with Gasteiger partial charge in [0.05, 0.1) is 5.69 Å². The van der Waals surface area contributed by atoms with Crippen LogP contribution >= 0.6 is 0 Å². The van der Waals surface area contributed by atoms with Crippen molar-refractivity contribution < 1.29 is 4.42 Å². The van der Waals surface area contributed by atoms with E-state index in [2.05, 4.69) is 110 Å². The molecule has 0 unspecified atom stereocenters. The van der Waals surface area contributed by atoms with Gasteiger partial charge < -0.3 is 4.42 Å². The third-order valence-electron chi connectivity index (χ3n) is 7.48. The molecular formula is C35H26N2O. The average Bonchev–Trinajstić information content (AvgIpc) is 3.31. The monoisotopic (exact) mass is 490 g/mol. The van der Waals surface area contributed by atoms with E-state index >= 15 is 0 Å². The molecule has 3 nitrogen and oxygen atoms in total. The lowest BCUT2D eigenvalue weighted by Crippen LogP contribution is -1.95.